The highest BCUT2D eigenvalue weighted by Gasteiger charge is 2.21. The summed E-state index contributed by atoms with van der Waals surface area (Å²) < 4.78 is 5.57. The highest BCUT2D eigenvalue weighted by molar-refractivity contribution is 7.80. The van der Waals surface area contributed by atoms with Crippen LogP contribution in [-0.2, 0) is 0 Å². The largest absolute Gasteiger partial charge is 0.467 e. The zero-order valence-electron chi connectivity index (χ0n) is 14.4. The van der Waals surface area contributed by atoms with Crippen LogP contribution < -0.4 is 5.32 Å². The Hall–Kier alpha value is -1.81. The standard InChI is InChI=1S/C19H26N2OS/c1-14(2)11-12-21(16(4)18-6-5-13-22-18)19(23)20-17-9-7-15(3)8-10-17/h5-10,13-14,16H,11-12H2,1-4H3,(H,20,23)/t16-/m0/s1. The van der Waals surface area contributed by atoms with Crippen LogP contribution in [0.1, 0.15) is 44.6 Å². The molecule has 124 valence electrons. The fraction of sp³-hybridized carbons (Fsp3) is 0.421. The van der Waals surface area contributed by atoms with Crippen molar-refractivity contribution >= 4 is 23.0 Å². The average Bonchev–Trinajstić information content (AvgIpc) is 3.03. The number of hydrogen-bond donors (Lipinski definition) is 1. The molecule has 1 N–H and O–H groups in total. The lowest BCUT2D eigenvalue weighted by atomic mass is 10.1. The molecule has 0 unspecified atom stereocenters. The number of anilines is 1. The number of nitrogens with one attached hydrogen (secondary N) is 1. The maximum absolute atomic E-state index is 5.67. The Morgan fingerprint density at radius 3 is 2.43 bits per heavy atom. The number of hydrogen-bond acceptors (Lipinski definition) is 2. The molecule has 4 heteroatoms. The van der Waals surface area contributed by atoms with E-state index in [-0.39, 0.29) is 6.04 Å². The molecule has 0 aliphatic heterocycles. The van der Waals surface area contributed by atoms with Crippen LogP contribution in [0.2, 0.25) is 0 Å². The monoisotopic (exact) mass is 330 g/mol. The van der Waals surface area contributed by atoms with Gasteiger partial charge in [0.15, 0.2) is 5.11 Å². The maximum atomic E-state index is 5.67. The third kappa shape index (κ3) is 5.10. The van der Waals surface area contributed by atoms with Gasteiger partial charge < -0.3 is 14.6 Å². The van der Waals surface area contributed by atoms with Gasteiger partial charge in [0.25, 0.3) is 0 Å². The Morgan fingerprint density at radius 2 is 1.87 bits per heavy atom. The van der Waals surface area contributed by atoms with Crippen LogP contribution in [0.5, 0.6) is 0 Å². The van der Waals surface area contributed by atoms with Crippen molar-refractivity contribution in [2.24, 2.45) is 5.92 Å². The third-order valence-electron chi connectivity index (χ3n) is 3.93. The van der Waals surface area contributed by atoms with E-state index < -0.39 is 0 Å². The predicted octanol–water partition coefficient (Wildman–Crippen LogP) is 5.39. The normalized spacial score (nSPS) is 12.2. The smallest absolute Gasteiger partial charge is 0.174 e. The molecule has 0 amide bonds. The predicted molar refractivity (Wildman–Crippen MR) is 101 cm³/mol. The first kappa shape index (κ1) is 17.5. The van der Waals surface area contributed by atoms with E-state index in [4.69, 9.17) is 16.6 Å². The molecule has 0 aliphatic carbocycles. The summed E-state index contributed by atoms with van der Waals surface area (Å²) in [5.74, 6) is 1.56. The minimum atomic E-state index is 0.106. The lowest BCUT2D eigenvalue weighted by Crippen LogP contribution is -2.38. The van der Waals surface area contributed by atoms with Crippen molar-refractivity contribution in [3.8, 4) is 0 Å². The Labute approximate surface area is 144 Å². The number of aryl methyl sites for hydroxylation is 1. The summed E-state index contributed by atoms with van der Waals surface area (Å²) in [6.45, 7) is 9.56. The van der Waals surface area contributed by atoms with Gasteiger partial charge in [0.05, 0.1) is 12.3 Å². The summed E-state index contributed by atoms with van der Waals surface area (Å²) in [5, 5.41) is 4.09. The summed E-state index contributed by atoms with van der Waals surface area (Å²) in [6, 6.07) is 12.3. The van der Waals surface area contributed by atoms with E-state index in [0.29, 0.717) is 5.92 Å². The molecule has 1 atom stereocenters. The van der Waals surface area contributed by atoms with E-state index in [0.717, 1.165) is 29.5 Å². The van der Waals surface area contributed by atoms with Gasteiger partial charge in [-0.3, -0.25) is 0 Å². The fourth-order valence-electron chi connectivity index (χ4n) is 2.38. The number of benzene rings is 1. The van der Waals surface area contributed by atoms with Crippen molar-refractivity contribution in [3.05, 3.63) is 54.0 Å². The Balaban J connectivity index is 2.11. The van der Waals surface area contributed by atoms with E-state index in [2.05, 4.69) is 62.2 Å². The van der Waals surface area contributed by atoms with Crippen LogP contribution in [0.25, 0.3) is 0 Å². The molecule has 2 aromatic rings. The summed E-state index contributed by atoms with van der Waals surface area (Å²) in [4.78, 5) is 2.20. The SMILES string of the molecule is Cc1ccc(NC(=S)N(CCC(C)C)[C@@H](C)c2ccco2)cc1. The summed E-state index contributed by atoms with van der Waals surface area (Å²) in [7, 11) is 0. The lowest BCUT2D eigenvalue weighted by molar-refractivity contribution is 0.281. The Kier molecular flexibility index (Phi) is 6.22. The molecule has 2 rings (SSSR count). The van der Waals surface area contributed by atoms with Crippen molar-refractivity contribution in [1.82, 2.24) is 4.90 Å². The molecule has 0 aliphatic rings. The van der Waals surface area contributed by atoms with E-state index in [1.807, 2.05) is 12.1 Å². The minimum absolute atomic E-state index is 0.106. The zero-order valence-corrected chi connectivity index (χ0v) is 15.2. The molecule has 1 aromatic heterocycles. The lowest BCUT2D eigenvalue weighted by Gasteiger charge is -2.31. The molecule has 0 saturated heterocycles. The molecule has 0 bridgehead atoms. The van der Waals surface area contributed by atoms with Crippen LogP contribution >= 0.6 is 12.2 Å². The quantitative estimate of drug-likeness (QED) is 0.718. The van der Waals surface area contributed by atoms with E-state index in [9.17, 15) is 0 Å². The van der Waals surface area contributed by atoms with Crippen LogP contribution in [0, 0.1) is 12.8 Å². The second kappa shape index (κ2) is 8.16. The molecule has 0 spiro atoms. The van der Waals surface area contributed by atoms with Crippen LogP contribution in [0.3, 0.4) is 0 Å². The first-order valence-corrected chi connectivity index (χ1v) is 8.56. The number of furan rings is 1. The van der Waals surface area contributed by atoms with Crippen LogP contribution in [0.4, 0.5) is 5.69 Å². The molecule has 0 radical (unpaired) electrons. The number of rotatable bonds is 6. The van der Waals surface area contributed by atoms with Crippen molar-refractivity contribution in [3.63, 3.8) is 0 Å². The van der Waals surface area contributed by atoms with Gasteiger partial charge in [-0.15, -0.1) is 0 Å². The summed E-state index contributed by atoms with van der Waals surface area (Å²) in [6.07, 6.45) is 2.80. The Bertz CT molecular complexity index is 605. The second-order valence-corrected chi connectivity index (χ2v) is 6.75. The van der Waals surface area contributed by atoms with Crippen LogP contribution in [-0.4, -0.2) is 16.6 Å². The summed E-state index contributed by atoms with van der Waals surface area (Å²) >= 11 is 5.67. The van der Waals surface area contributed by atoms with Gasteiger partial charge in [-0.1, -0.05) is 31.5 Å². The van der Waals surface area contributed by atoms with Gasteiger partial charge in [0.1, 0.15) is 5.76 Å². The van der Waals surface area contributed by atoms with Crippen LogP contribution in [0.15, 0.2) is 47.1 Å². The topological polar surface area (TPSA) is 28.4 Å². The first-order chi connectivity index (χ1) is 11.0. The fourth-order valence-corrected chi connectivity index (χ4v) is 2.75. The van der Waals surface area contributed by atoms with Crippen molar-refractivity contribution in [2.75, 3.05) is 11.9 Å². The molecular formula is C19H26N2OS. The molecular weight excluding hydrogens is 304 g/mol. The molecule has 0 saturated carbocycles. The number of nitrogens with zero attached hydrogens (tertiary/aromatic N) is 1. The maximum Gasteiger partial charge on any atom is 0.174 e. The van der Waals surface area contributed by atoms with Gasteiger partial charge in [0, 0.05) is 12.2 Å². The molecule has 23 heavy (non-hydrogen) atoms. The first-order valence-electron chi connectivity index (χ1n) is 8.15. The van der Waals surface area contributed by atoms with Gasteiger partial charge in [-0.2, -0.15) is 0 Å². The van der Waals surface area contributed by atoms with Gasteiger partial charge in [0.2, 0.25) is 0 Å². The average molecular weight is 330 g/mol. The highest BCUT2D eigenvalue weighted by Crippen LogP contribution is 2.23. The van der Waals surface area contributed by atoms with Gasteiger partial charge >= 0.3 is 0 Å². The van der Waals surface area contributed by atoms with E-state index >= 15 is 0 Å². The zero-order chi connectivity index (χ0) is 16.8. The van der Waals surface area contributed by atoms with E-state index in [1.165, 1.54) is 5.56 Å². The number of thiocarbonyl (C=S) groups is 1. The molecule has 1 heterocycles. The molecule has 0 fully saturated rings. The second-order valence-electron chi connectivity index (χ2n) is 6.36. The highest BCUT2D eigenvalue weighted by atomic mass is 32.1. The molecule has 1 aromatic carbocycles. The third-order valence-corrected chi connectivity index (χ3v) is 4.27. The van der Waals surface area contributed by atoms with Crippen molar-refractivity contribution in [1.29, 1.82) is 0 Å². The van der Waals surface area contributed by atoms with Crippen molar-refractivity contribution in [2.45, 2.75) is 40.2 Å². The summed E-state index contributed by atoms with van der Waals surface area (Å²) in [5.41, 5.74) is 2.25. The minimum Gasteiger partial charge on any atom is -0.467 e. The molecule has 3 nitrogen and oxygen atoms in total. The van der Waals surface area contributed by atoms with Gasteiger partial charge in [-0.25, -0.2) is 0 Å². The Morgan fingerprint density at radius 1 is 1.17 bits per heavy atom. The van der Waals surface area contributed by atoms with E-state index in [1.54, 1.807) is 6.26 Å². The van der Waals surface area contributed by atoms with Gasteiger partial charge in [-0.05, 0) is 62.7 Å². The van der Waals surface area contributed by atoms with Crippen molar-refractivity contribution < 1.29 is 4.42 Å².